The van der Waals surface area contributed by atoms with Crippen LogP contribution in [0.5, 0.6) is 0 Å². The van der Waals surface area contributed by atoms with Crippen LogP contribution in [0.4, 0.5) is 0 Å². The number of thioether (sulfide) groups is 1. The first kappa shape index (κ1) is 12.1. The summed E-state index contributed by atoms with van der Waals surface area (Å²) in [5.74, 6) is 0.585. The van der Waals surface area contributed by atoms with Crippen molar-refractivity contribution in [1.82, 2.24) is 4.98 Å². The third-order valence-electron chi connectivity index (χ3n) is 2.99. The van der Waals surface area contributed by atoms with E-state index in [1.165, 1.54) is 10.8 Å². The first-order valence-corrected chi connectivity index (χ1v) is 7.10. The number of hydrogen-bond acceptors (Lipinski definition) is 2. The normalized spacial score (nSPS) is 10.7. The Labute approximate surface area is 115 Å². The first-order chi connectivity index (χ1) is 9.33. The van der Waals surface area contributed by atoms with Gasteiger partial charge in [-0.1, -0.05) is 30.3 Å². The molecule has 2 nitrogen and oxygen atoms in total. The van der Waals surface area contributed by atoms with Crippen LogP contribution in [0, 0.1) is 0 Å². The van der Waals surface area contributed by atoms with Crippen molar-refractivity contribution in [2.45, 2.75) is 4.90 Å². The van der Waals surface area contributed by atoms with Crippen molar-refractivity contribution in [2.24, 2.45) is 0 Å². The van der Waals surface area contributed by atoms with Crippen molar-refractivity contribution in [3.8, 4) is 0 Å². The predicted octanol–water partition coefficient (Wildman–Crippen LogP) is 4.14. The quantitative estimate of drug-likeness (QED) is 0.569. The van der Waals surface area contributed by atoms with E-state index in [1.807, 2.05) is 24.3 Å². The average molecular weight is 267 g/mol. The monoisotopic (exact) mass is 267 g/mol. The molecule has 0 aliphatic heterocycles. The Kier molecular flexibility index (Phi) is 3.38. The number of aromatic nitrogens is 1. The van der Waals surface area contributed by atoms with E-state index < -0.39 is 0 Å². The molecule has 0 spiro atoms. The second-order valence-electron chi connectivity index (χ2n) is 4.30. The van der Waals surface area contributed by atoms with Gasteiger partial charge in [0.15, 0.2) is 5.78 Å². The number of nitrogens with one attached hydrogen (secondary N) is 1. The molecule has 3 rings (SSSR count). The first-order valence-electron chi connectivity index (χ1n) is 6.11. The fourth-order valence-corrected chi connectivity index (χ4v) is 2.82. The molecule has 3 heteroatoms. The Morgan fingerprint density at radius 1 is 1.00 bits per heavy atom. The van der Waals surface area contributed by atoms with Crippen LogP contribution in [-0.4, -0.2) is 16.5 Å². The predicted molar refractivity (Wildman–Crippen MR) is 79.8 cm³/mol. The summed E-state index contributed by atoms with van der Waals surface area (Å²) in [4.78, 5) is 16.0. The van der Waals surface area contributed by atoms with Crippen LogP contribution in [0.25, 0.3) is 10.8 Å². The SMILES string of the molecule is O=C(CSc1ccc2ccccc2c1)c1ccc[nH]1. The lowest BCUT2D eigenvalue weighted by Gasteiger charge is -2.03. The molecule has 0 fully saturated rings. The lowest BCUT2D eigenvalue weighted by Crippen LogP contribution is -2.02. The maximum atomic E-state index is 11.9. The lowest BCUT2D eigenvalue weighted by atomic mass is 10.1. The average Bonchev–Trinajstić information content (AvgIpc) is 2.99. The number of carbonyl (C=O) groups excluding carboxylic acids is 1. The van der Waals surface area contributed by atoms with Crippen LogP contribution < -0.4 is 0 Å². The van der Waals surface area contributed by atoms with Gasteiger partial charge >= 0.3 is 0 Å². The molecule has 0 radical (unpaired) electrons. The number of hydrogen-bond donors (Lipinski definition) is 1. The van der Waals surface area contributed by atoms with Gasteiger partial charge in [-0.05, 0) is 35.0 Å². The zero-order valence-electron chi connectivity index (χ0n) is 10.3. The third-order valence-corrected chi connectivity index (χ3v) is 3.98. The van der Waals surface area contributed by atoms with E-state index in [-0.39, 0.29) is 5.78 Å². The molecule has 1 N–H and O–H groups in total. The molecular weight excluding hydrogens is 254 g/mol. The zero-order chi connectivity index (χ0) is 13.1. The number of aromatic amines is 1. The fourth-order valence-electron chi connectivity index (χ4n) is 1.99. The van der Waals surface area contributed by atoms with Gasteiger partial charge in [0.1, 0.15) is 0 Å². The van der Waals surface area contributed by atoms with Crippen LogP contribution >= 0.6 is 11.8 Å². The molecule has 0 amide bonds. The van der Waals surface area contributed by atoms with Crippen molar-refractivity contribution in [3.05, 3.63) is 66.5 Å². The van der Waals surface area contributed by atoms with Crippen LogP contribution in [0.1, 0.15) is 10.5 Å². The molecule has 0 aliphatic carbocycles. The van der Waals surface area contributed by atoms with Crippen molar-refractivity contribution >= 4 is 28.3 Å². The molecule has 0 unspecified atom stereocenters. The molecule has 0 bridgehead atoms. The summed E-state index contributed by atoms with van der Waals surface area (Å²) in [5, 5.41) is 2.43. The van der Waals surface area contributed by atoms with Gasteiger partial charge in [-0.2, -0.15) is 0 Å². The van der Waals surface area contributed by atoms with Crippen LogP contribution in [0.15, 0.2) is 65.7 Å². The zero-order valence-corrected chi connectivity index (χ0v) is 11.1. The van der Waals surface area contributed by atoms with Gasteiger partial charge in [0.25, 0.3) is 0 Å². The van der Waals surface area contributed by atoms with Crippen molar-refractivity contribution in [3.63, 3.8) is 0 Å². The summed E-state index contributed by atoms with van der Waals surface area (Å²) in [6.07, 6.45) is 1.77. The van der Waals surface area contributed by atoms with Gasteiger partial charge in [-0.15, -0.1) is 11.8 Å². The third kappa shape index (κ3) is 2.71. The highest BCUT2D eigenvalue weighted by molar-refractivity contribution is 8.00. The van der Waals surface area contributed by atoms with Crippen LogP contribution in [0.3, 0.4) is 0 Å². The van der Waals surface area contributed by atoms with E-state index in [1.54, 1.807) is 18.0 Å². The van der Waals surface area contributed by atoms with Crippen molar-refractivity contribution in [1.29, 1.82) is 0 Å². The smallest absolute Gasteiger partial charge is 0.189 e. The topological polar surface area (TPSA) is 32.9 Å². The fraction of sp³-hybridized carbons (Fsp3) is 0.0625. The summed E-state index contributed by atoms with van der Waals surface area (Å²) in [7, 11) is 0. The Morgan fingerprint density at radius 3 is 2.63 bits per heavy atom. The minimum Gasteiger partial charge on any atom is -0.359 e. The molecule has 3 aromatic rings. The van der Waals surface area contributed by atoms with E-state index >= 15 is 0 Å². The van der Waals surface area contributed by atoms with Gasteiger partial charge in [-0.25, -0.2) is 0 Å². The standard InChI is InChI=1S/C16H13NOS/c18-16(15-6-3-9-17-15)11-19-14-8-7-12-4-1-2-5-13(12)10-14/h1-10,17H,11H2. The Morgan fingerprint density at radius 2 is 1.84 bits per heavy atom. The highest BCUT2D eigenvalue weighted by Crippen LogP contribution is 2.24. The number of benzene rings is 2. The molecule has 0 aliphatic rings. The van der Waals surface area contributed by atoms with E-state index in [0.717, 1.165) is 4.90 Å². The van der Waals surface area contributed by atoms with Gasteiger partial charge in [0, 0.05) is 11.1 Å². The van der Waals surface area contributed by atoms with Gasteiger partial charge in [0.2, 0.25) is 0 Å². The number of fused-ring (bicyclic) bond motifs is 1. The summed E-state index contributed by atoms with van der Waals surface area (Å²) in [6.45, 7) is 0. The Balaban J connectivity index is 1.73. The molecule has 19 heavy (non-hydrogen) atoms. The minimum atomic E-state index is 0.128. The molecule has 0 saturated carbocycles. The molecule has 1 aromatic heterocycles. The maximum absolute atomic E-state index is 11.9. The molecule has 94 valence electrons. The maximum Gasteiger partial charge on any atom is 0.189 e. The molecule has 0 saturated heterocycles. The molecule has 2 aromatic carbocycles. The largest absolute Gasteiger partial charge is 0.359 e. The van der Waals surface area contributed by atoms with Crippen molar-refractivity contribution in [2.75, 3.05) is 5.75 Å². The number of carbonyl (C=O) groups is 1. The van der Waals surface area contributed by atoms with Crippen molar-refractivity contribution < 1.29 is 4.79 Å². The second kappa shape index (κ2) is 5.33. The number of Topliss-reactive ketones (excluding diaryl/α,β-unsaturated/α-hetero) is 1. The minimum absolute atomic E-state index is 0.128. The summed E-state index contributed by atoms with van der Waals surface area (Å²) < 4.78 is 0. The summed E-state index contributed by atoms with van der Waals surface area (Å²) in [6, 6.07) is 18.2. The highest BCUT2D eigenvalue weighted by Gasteiger charge is 2.07. The molecule has 1 heterocycles. The summed E-state index contributed by atoms with van der Waals surface area (Å²) >= 11 is 1.57. The summed E-state index contributed by atoms with van der Waals surface area (Å²) in [5.41, 5.74) is 0.674. The number of ketones is 1. The van der Waals surface area contributed by atoms with Gasteiger partial charge in [-0.3, -0.25) is 4.79 Å². The van der Waals surface area contributed by atoms with E-state index in [2.05, 4.69) is 35.3 Å². The van der Waals surface area contributed by atoms with E-state index in [9.17, 15) is 4.79 Å². The molecular formula is C16H13NOS. The van der Waals surface area contributed by atoms with Gasteiger partial charge in [0.05, 0.1) is 11.4 Å². The lowest BCUT2D eigenvalue weighted by molar-refractivity contribution is 0.101. The van der Waals surface area contributed by atoms with Crippen LogP contribution in [0.2, 0.25) is 0 Å². The Bertz CT molecular complexity index is 704. The van der Waals surface area contributed by atoms with Gasteiger partial charge < -0.3 is 4.98 Å². The number of rotatable bonds is 4. The molecule has 0 atom stereocenters. The highest BCUT2D eigenvalue weighted by atomic mass is 32.2. The van der Waals surface area contributed by atoms with Crippen LogP contribution in [-0.2, 0) is 0 Å². The Hall–Kier alpha value is -2.00. The number of H-pyrrole nitrogens is 1. The van der Waals surface area contributed by atoms with E-state index in [0.29, 0.717) is 11.4 Å². The van der Waals surface area contributed by atoms with E-state index in [4.69, 9.17) is 0 Å². The second-order valence-corrected chi connectivity index (χ2v) is 5.35.